The van der Waals surface area contributed by atoms with E-state index in [2.05, 4.69) is 10.6 Å². The zero-order valence-electron chi connectivity index (χ0n) is 18.6. The summed E-state index contributed by atoms with van der Waals surface area (Å²) in [5.74, 6) is 0.254. The molecule has 0 aromatic heterocycles. The molecule has 0 aliphatic carbocycles. The van der Waals surface area contributed by atoms with Crippen LogP contribution in [0.15, 0.2) is 84.9 Å². The molecule has 4 aromatic rings. The summed E-state index contributed by atoms with van der Waals surface area (Å²) in [5, 5.41) is 8.41. The van der Waals surface area contributed by atoms with E-state index in [4.69, 9.17) is 4.74 Å². The Labute approximate surface area is 193 Å². The van der Waals surface area contributed by atoms with Crippen molar-refractivity contribution >= 4 is 22.4 Å². The van der Waals surface area contributed by atoms with E-state index < -0.39 is 0 Å². The molecule has 0 heterocycles. The summed E-state index contributed by atoms with van der Waals surface area (Å²) in [6.07, 6.45) is 0.590. The number of nitrogens with one attached hydrogen (secondary N) is 2. The number of hydrogen-bond donors (Lipinski definition) is 2. The van der Waals surface area contributed by atoms with Crippen LogP contribution < -0.4 is 15.4 Å². The van der Waals surface area contributed by atoms with Gasteiger partial charge in [-0.1, -0.05) is 66.2 Å². The van der Waals surface area contributed by atoms with E-state index in [0.717, 1.165) is 27.6 Å². The summed E-state index contributed by atoms with van der Waals surface area (Å²) in [6.45, 7) is 3.08. The highest BCUT2D eigenvalue weighted by molar-refractivity contribution is 5.92. The molecular weight excluding hydrogens is 415 g/mol. The summed E-state index contributed by atoms with van der Waals surface area (Å²) in [6, 6.07) is 26.4. The molecule has 33 heavy (non-hydrogen) atoms. The van der Waals surface area contributed by atoms with Crippen LogP contribution in [0.2, 0.25) is 0 Å². The monoisotopic (exact) mass is 442 g/mol. The first-order valence-corrected chi connectivity index (χ1v) is 11.0. The van der Waals surface area contributed by atoms with Crippen LogP contribution in [0.5, 0.6) is 5.75 Å². The Hall–Kier alpha value is -3.70. The zero-order chi connectivity index (χ0) is 23.0. The number of carbonyl (C=O) groups excluding carboxylic acids is 1. The topological polar surface area (TPSA) is 50.4 Å². The fourth-order valence-corrected chi connectivity index (χ4v) is 3.75. The quantitative estimate of drug-likeness (QED) is 0.330. The maximum absolute atomic E-state index is 13.9. The molecule has 2 N–H and O–H groups in total. The molecule has 0 bridgehead atoms. The van der Waals surface area contributed by atoms with Crippen LogP contribution in [0, 0.1) is 12.7 Å². The molecule has 168 valence electrons. The van der Waals surface area contributed by atoms with Gasteiger partial charge in [0.15, 0.2) is 6.61 Å². The predicted molar refractivity (Wildman–Crippen MR) is 131 cm³/mol. The highest BCUT2D eigenvalue weighted by atomic mass is 19.1. The second-order valence-electron chi connectivity index (χ2n) is 7.98. The summed E-state index contributed by atoms with van der Waals surface area (Å²) in [5.41, 5.74) is 3.53. The molecule has 1 amide bonds. The van der Waals surface area contributed by atoms with E-state index in [9.17, 15) is 9.18 Å². The van der Waals surface area contributed by atoms with E-state index in [1.807, 2.05) is 73.7 Å². The van der Waals surface area contributed by atoms with Crippen molar-refractivity contribution in [3.8, 4) is 5.75 Å². The summed E-state index contributed by atoms with van der Waals surface area (Å²) >= 11 is 0. The number of rotatable bonds is 9. The van der Waals surface area contributed by atoms with Gasteiger partial charge in [-0.2, -0.15) is 0 Å². The van der Waals surface area contributed by atoms with Crippen LogP contribution in [0.25, 0.3) is 10.8 Å². The summed E-state index contributed by atoms with van der Waals surface area (Å²) in [7, 11) is 0. The van der Waals surface area contributed by atoms with Crippen LogP contribution >= 0.6 is 0 Å². The second kappa shape index (κ2) is 10.7. The molecule has 0 unspecified atom stereocenters. The van der Waals surface area contributed by atoms with Crippen molar-refractivity contribution in [3.63, 3.8) is 0 Å². The van der Waals surface area contributed by atoms with E-state index in [1.54, 1.807) is 12.1 Å². The molecule has 0 saturated carbocycles. The molecule has 0 aliphatic rings. The predicted octanol–water partition coefficient (Wildman–Crippen LogP) is 5.64. The van der Waals surface area contributed by atoms with Gasteiger partial charge in [-0.3, -0.25) is 4.79 Å². The van der Waals surface area contributed by atoms with Gasteiger partial charge < -0.3 is 15.4 Å². The third-order valence-corrected chi connectivity index (χ3v) is 5.52. The SMILES string of the molecule is Cc1ccc(NC(=O)COc2ccc3ccccc3c2CNCCc2ccccc2F)cc1. The van der Waals surface area contributed by atoms with Crippen LogP contribution in [-0.2, 0) is 17.8 Å². The highest BCUT2D eigenvalue weighted by Gasteiger charge is 2.11. The number of fused-ring (bicyclic) bond motifs is 1. The van der Waals surface area contributed by atoms with Crippen molar-refractivity contribution in [3.05, 3.63) is 107 Å². The summed E-state index contributed by atoms with van der Waals surface area (Å²) < 4.78 is 19.8. The number of amides is 1. The van der Waals surface area contributed by atoms with Crippen molar-refractivity contribution in [2.75, 3.05) is 18.5 Å². The van der Waals surface area contributed by atoms with Crippen LogP contribution in [0.4, 0.5) is 10.1 Å². The molecule has 5 heteroatoms. The molecule has 0 aliphatic heterocycles. The van der Waals surface area contributed by atoms with E-state index in [0.29, 0.717) is 30.8 Å². The first-order chi connectivity index (χ1) is 16.1. The Morgan fingerprint density at radius 1 is 0.909 bits per heavy atom. The second-order valence-corrected chi connectivity index (χ2v) is 7.98. The van der Waals surface area contributed by atoms with E-state index in [-0.39, 0.29) is 18.3 Å². The first kappa shape index (κ1) is 22.5. The van der Waals surface area contributed by atoms with Crippen molar-refractivity contribution in [2.45, 2.75) is 19.9 Å². The Bertz CT molecular complexity index is 1240. The fourth-order valence-electron chi connectivity index (χ4n) is 3.75. The largest absolute Gasteiger partial charge is 0.483 e. The Kier molecular flexibility index (Phi) is 7.33. The molecule has 0 spiro atoms. The van der Waals surface area contributed by atoms with Crippen LogP contribution in [0.1, 0.15) is 16.7 Å². The third kappa shape index (κ3) is 5.96. The number of aryl methyl sites for hydroxylation is 1. The van der Waals surface area contributed by atoms with Gasteiger partial charge >= 0.3 is 0 Å². The molecule has 0 saturated heterocycles. The minimum atomic E-state index is -0.217. The number of hydrogen-bond acceptors (Lipinski definition) is 3. The van der Waals surface area contributed by atoms with Gasteiger partial charge in [0, 0.05) is 17.8 Å². The van der Waals surface area contributed by atoms with Gasteiger partial charge in [-0.05, 0) is 60.5 Å². The molecule has 4 nitrogen and oxygen atoms in total. The average molecular weight is 443 g/mol. The highest BCUT2D eigenvalue weighted by Crippen LogP contribution is 2.28. The lowest BCUT2D eigenvalue weighted by Crippen LogP contribution is -2.22. The van der Waals surface area contributed by atoms with Gasteiger partial charge in [0.25, 0.3) is 5.91 Å². The Balaban J connectivity index is 1.42. The third-order valence-electron chi connectivity index (χ3n) is 5.52. The van der Waals surface area contributed by atoms with E-state index >= 15 is 0 Å². The number of halogens is 1. The van der Waals surface area contributed by atoms with Crippen LogP contribution in [0.3, 0.4) is 0 Å². The fraction of sp³-hybridized carbons (Fsp3) is 0.179. The lowest BCUT2D eigenvalue weighted by Gasteiger charge is -2.15. The maximum Gasteiger partial charge on any atom is 0.262 e. The molecule has 0 fully saturated rings. The zero-order valence-corrected chi connectivity index (χ0v) is 18.6. The minimum absolute atomic E-state index is 0.0888. The first-order valence-electron chi connectivity index (χ1n) is 11.0. The lowest BCUT2D eigenvalue weighted by atomic mass is 10.0. The minimum Gasteiger partial charge on any atom is -0.483 e. The van der Waals surface area contributed by atoms with Gasteiger partial charge in [-0.25, -0.2) is 4.39 Å². The maximum atomic E-state index is 13.9. The van der Waals surface area contributed by atoms with Gasteiger partial charge in [0.1, 0.15) is 11.6 Å². The number of anilines is 1. The smallest absolute Gasteiger partial charge is 0.262 e. The van der Waals surface area contributed by atoms with Crippen LogP contribution in [-0.4, -0.2) is 19.1 Å². The van der Waals surface area contributed by atoms with Crippen molar-refractivity contribution in [2.24, 2.45) is 0 Å². The molecule has 0 radical (unpaired) electrons. The van der Waals surface area contributed by atoms with E-state index in [1.165, 1.54) is 6.07 Å². The number of benzene rings is 4. The molecule has 4 rings (SSSR count). The van der Waals surface area contributed by atoms with Crippen molar-refractivity contribution < 1.29 is 13.9 Å². The number of ether oxygens (including phenoxy) is 1. The Morgan fingerprint density at radius 3 is 2.48 bits per heavy atom. The molecule has 0 atom stereocenters. The van der Waals surface area contributed by atoms with Crippen molar-refractivity contribution in [1.29, 1.82) is 0 Å². The van der Waals surface area contributed by atoms with Gasteiger partial charge in [-0.15, -0.1) is 0 Å². The average Bonchev–Trinajstić information content (AvgIpc) is 2.83. The summed E-state index contributed by atoms with van der Waals surface area (Å²) in [4.78, 5) is 12.4. The normalized spacial score (nSPS) is 10.8. The van der Waals surface area contributed by atoms with Gasteiger partial charge in [0.05, 0.1) is 0 Å². The standard InChI is InChI=1S/C28H27FN2O2/c1-20-10-13-23(14-11-20)31-28(32)19-33-27-15-12-21-6-2-4-8-24(21)25(27)18-30-17-16-22-7-3-5-9-26(22)29/h2-15,30H,16-19H2,1H3,(H,31,32). The van der Waals surface area contributed by atoms with Gasteiger partial charge in [0.2, 0.25) is 0 Å². The number of carbonyl (C=O) groups is 1. The molecular formula is C28H27FN2O2. The Morgan fingerprint density at radius 2 is 1.67 bits per heavy atom. The molecule has 4 aromatic carbocycles. The lowest BCUT2D eigenvalue weighted by molar-refractivity contribution is -0.118. The van der Waals surface area contributed by atoms with Crippen molar-refractivity contribution in [1.82, 2.24) is 5.32 Å².